The SMILES string of the molecule is CSc1ccc(C(=O)c2cnoc2C2CC2)c(Cl)c1. The molecule has 0 radical (unpaired) electrons. The fourth-order valence-corrected chi connectivity index (χ4v) is 2.78. The zero-order valence-electron chi connectivity index (χ0n) is 10.4. The maximum atomic E-state index is 12.5. The van der Waals surface area contributed by atoms with E-state index in [4.69, 9.17) is 16.1 Å². The fourth-order valence-electron chi connectivity index (χ4n) is 2.01. The highest BCUT2D eigenvalue weighted by atomic mass is 35.5. The summed E-state index contributed by atoms with van der Waals surface area (Å²) in [6.45, 7) is 0. The zero-order valence-corrected chi connectivity index (χ0v) is 11.9. The lowest BCUT2D eigenvalue weighted by Crippen LogP contribution is -2.03. The van der Waals surface area contributed by atoms with Crippen molar-refractivity contribution in [2.45, 2.75) is 23.7 Å². The Balaban J connectivity index is 1.97. The smallest absolute Gasteiger partial charge is 0.199 e. The highest BCUT2D eigenvalue weighted by Gasteiger charge is 2.33. The predicted molar refractivity (Wildman–Crippen MR) is 75.1 cm³/mol. The molecule has 0 unspecified atom stereocenters. The number of hydrogen-bond donors (Lipinski definition) is 0. The van der Waals surface area contributed by atoms with E-state index in [1.165, 1.54) is 6.20 Å². The van der Waals surface area contributed by atoms with Crippen LogP contribution in [0.15, 0.2) is 33.8 Å². The van der Waals surface area contributed by atoms with Crippen molar-refractivity contribution < 1.29 is 9.32 Å². The van der Waals surface area contributed by atoms with Crippen molar-refractivity contribution in [3.8, 4) is 0 Å². The predicted octanol–water partition coefficient (Wildman–Crippen LogP) is 4.16. The Morgan fingerprint density at radius 1 is 1.42 bits per heavy atom. The van der Waals surface area contributed by atoms with Crippen LogP contribution in [-0.4, -0.2) is 17.2 Å². The summed E-state index contributed by atoms with van der Waals surface area (Å²) in [4.78, 5) is 13.5. The average Bonchev–Trinajstić information content (AvgIpc) is 3.15. The lowest BCUT2D eigenvalue weighted by atomic mass is 10.0. The number of nitrogens with zero attached hydrogens (tertiary/aromatic N) is 1. The minimum atomic E-state index is -0.110. The van der Waals surface area contributed by atoms with Gasteiger partial charge in [0.15, 0.2) is 11.5 Å². The van der Waals surface area contributed by atoms with E-state index in [9.17, 15) is 4.79 Å². The van der Waals surface area contributed by atoms with Crippen LogP contribution in [0, 0.1) is 0 Å². The van der Waals surface area contributed by atoms with E-state index < -0.39 is 0 Å². The van der Waals surface area contributed by atoms with Crippen LogP contribution >= 0.6 is 23.4 Å². The maximum Gasteiger partial charge on any atom is 0.199 e. The summed E-state index contributed by atoms with van der Waals surface area (Å²) < 4.78 is 5.20. The first-order chi connectivity index (χ1) is 9.20. The van der Waals surface area contributed by atoms with Crippen molar-refractivity contribution in [2.24, 2.45) is 0 Å². The molecular formula is C14H12ClNO2S. The van der Waals surface area contributed by atoms with Crippen molar-refractivity contribution in [1.29, 1.82) is 0 Å². The van der Waals surface area contributed by atoms with Gasteiger partial charge in [0.1, 0.15) is 0 Å². The first-order valence-corrected chi connectivity index (χ1v) is 7.63. The molecule has 0 atom stereocenters. The van der Waals surface area contributed by atoms with Gasteiger partial charge >= 0.3 is 0 Å². The first-order valence-electron chi connectivity index (χ1n) is 6.03. The van der Waals surface area contributed by atoms with E-state index in [2.05, 4.69) is 5.16 Å². The highest BCUT2D eigenvalue weighted by molar-refractivity contribution is 7.98. The molecular weight excluding hydrogens is 282 g/mol. The Bertz CT molecular complexity index is 634. The average molecular weight is 294 g/mol. The van der Waals surface area contributed by atoms with Gasteiger partial charge in [0.2, 0.25) is 0 Å². The summed E-state index contributed by atoms with van der Waals surface area (Å²) in [6.07, 6.45) is 5.59. The second kappa shape index (κ2) is 5.02. The van der Waals surface area contributed by atoms with Crippen molar-refractivity contribution in [3.05, 3.63) is 46.3 Å². The standard InChI is InChI=1S/C14H12ClNO2S/c1-19-9-4-5-10(12(15)6-9)13(17)11-7-16-18-14(11)8-2-3-8/h4-8H,2-3H2,1H3. The number of hydrogen-bond acceptors (Lipinski definition) is 4. The third-order valence-corrected chi connectivity index (χ3v) is 4.25. The molecule has 1 saturated carbocycles. The van der Waals surface area contributed by atoms with Crippen molar-refractivity contribution in [2.75, 3.05) is 6.26 Å². The number of rotatable bonds is 4. The summed E-state index contributed by atoms with van der Waals surface area (Å²) in [7, 11) is 0. The van der Waals surface area contributed by atoms with Gasteiger partial charge in [-0.05, 0) is 37.3 Å². The van der Waals surface area contributed by atoms with Gasteiger partial charge in [-0.2, -0.15) is 0 Å². The molecule has 1 aliphatic carbocycles. The zero-order chi connectivity index (χ0) is 13.4. The van der Waals surface area contributed by atoms with E-state index in [1.54, 1.807) is 17.8 Å². The number of thioether (sulfide) groups is 1. The fraction of sp³-hybridized carbons (Fsp3) is 0.286. The third kappa shape index (κ3) is 2.42. The third-order valence-electron chi connectivity index (χ3n) is 3.21. The molecule has 1 aromatic carbocycles. The van der Waals surface area contributed by atoms with Crippen molar-refractivity contribution in [3.63, 3.8) is 0 Å². The molecule has 2 aromatic rings. The molecule has 1 aliphatic rings. The summed E-state index contributed by atoms with van der Waals surface area (Å²) in [5.74, 6) is 0.946. The molecule has 3 nitrogen and oxygen atoms in total. The minimum absolute atomic E-state index is 0.110. The molecule has 1 heterocycles. The van der Waals surface area contributed by atoms with Gasteiger partial charge in [0.25, 0.3) is 0 Å². The van der Waals surface area contributed by atoms with Crippen molar-refractivity contribution >= 4 is 29.1 Å². The normalized spacial score (nSPS) is 14.6. The second-order valence-corrected chi connectivity index (χ2v) is 5.84. The number of ketones is 1. The van der Waals surface area contributed by atoms with Gasteiger partial charge in [-0.3, -0.25) is 4.79 Å². The second-order valence-electron chi connectivity index (χ2n) is 4.55. The van der Waals surface area contributed by atoms with Crippen LogP contribution in [-0.2, 0) is 0 Å². The van der Waals surface area contributed by atoms with Gasteiger partial charge in [0.05, 0.1) is 16.8 Å². The molecule has 0 bridgehead atoms. The van der Waals surface area contributed by atoms with Crippen LogP contribution in [0.4, 0.5) is 0 Å². The number of halogens is 1. The van der Waals surface area contributed by atoms with Gasteiger partial charge in [-0.15, -0.1) is 11.8 Å². The van der Waals surface area contributed by atoms with Gasteiger partial charge in [0, 0.05) is 16.4 Å². The number of aromatic nitrogens is 1. The molecule has 3 rings (SSSR count). The number of benzene rings is 1. The van der Waals surface area contributed by atoms with E-state index >= 15 is 0 Å². The number of carbonyl (C=O) groups excluding carboxylic acids is 1. The van der Waals surface area contributed by atoms with Crippen LogP contribution in [0.1, 0.15) is 40.4 Å². The van der Waals surface area contributed by atoms with Gasteiger partial charge in [-0.1, -0.05) is 16.8 Å². The molecule has 0 N–H and O–H groups in total. The lowest BCUT2D eigenvalue weighted by Gasteiger charge is -2.04. The summed E-state index contributed by atoms with van der Waals surface area (Å²) in [5.41, 5.74) is 1.05. The summed E-state index contributed by atoms with van der Waals surface area (Å²) in [6, 6.07) is 5.47. The minimum Gasteiger partial charge on any atom is -0.360 e. The Hall–Kier alpha value is -1.26. The molecule has 19 heavy (non-hydrogen) atoms. The van der Waals surface area contributed by atoms with Gasteiger partial charge < -0.3 is 4.52 Å². The molecule has 0 saturated heterocycles. The topological polar surface area (TPSA) is 43.1 Å². The van der Waals surface area contributed by atoms with E-state index in [-0.39, 0.29) is 5.78 Å². The Morgan fingerprint density at radius 3 is 2.84 bits per heavy atom. The Kier molecular flexibility index (Phi) is 3.37. The molecule has 0 spiro atoms. The molecule has 5 heteroatoms. The van der Waals surface area contributed by atoms with Crippen LogP contribution < -0.4 is 0 Å². The monoisotopic (exact) mass is 293 g/mol. The van der Waals surface area contributed by atoms with Crippen molar-refractivity contribution in [1.82, 2.24) is 5.16 Å². The molecule has 0 amide bonds. The van der Waals surface area contributed by atoms with Crippen LogP contribution in [0.25, 0.3) is 0 Å². The number of carbonyl (C=O) groups is 1. The summed E-state index contributed by atoms with van der Waals surface area (Å²) in [5, 5.41) is 4.22. The van der Waals surface area contributed by atoms with Crippen LogP contribution in [0.2, 0.25) is 5.02 Å². The van der Waals surface area contributed by atoms with E-state index in [0.717, 1.165) is 17.7 Å². The Morgan fingerprint density at radius 2 is 2.21 bits per heavy atom. The summed E-state index contributed by atoms with van der Waals surface area (Å²) >= 11 is 7.77. The Labute approximate surface area is 120 Å². The quantitative estimate of drug-likeness (QED) is 0.627. The lowest BCUT2D eigenvalue weighted by molar-refractivity contribution is 0.103. The van der Waals surface area contributed by atoms with E-state index in [1.807, 2.05) is 18.4 Å². The van der Waals surface area contributed by atoms with Crippen LogP contribution in [0.3, 0.4) is 0 Å². The molecule has 98 valence electrons. The first kappa shape index (κ1) is 12.8. The highest BCUT2D eigenvalue weighted by Crippen LogP contribution is 2.42. The largest absolute Gasteiger partial charge is 0.360 e. The van der Waals surface area contributed by atoms with Gasteiger partial charge in [-0.25, -0.2) is 0 Å². The molecule has 0 aliphatic heterocycles. The van der Waals surface area contributed by atoms with E-state index in [0.29, 0.717) is 27.8 Å². The molecule has 1 aromatic heterocycles. The maximum absolute atomic E-state index is 12.5. The molecule has 1 fully saturated rings. The van der Waals surface area contributed by atoms with Crippen LogP contribution in [0.5, 0.6) is 0 Å².